The van der Waals surface area contributed by atoms with Crippen molar-refractivity contribution in [3.8, 4) is 0 Å². The van der Waals surface area contributed by atoms with Crippen LogP contribution in [0.5, 0.6) is 0 Å². The SMILES string of the molecule is O=[Te](O)O.[MnH2]. The van der Waals surface area contributed by atoms with Crippen LogP contribution in [0.25, 0.3) is 0 Å². The normalized spacial score (nSPS) is 7.00. The first-order valence-electron chi connectivity index (χ1n) is 0.532. The van der Waals surface area contributed by atoms with Crippen LogP contribution in [0, 0.1) is 0 Å². The van der Waals surface area contributed by atoms with Gasteiger partial charge in [0.2, 0.25) is 0 Å². The van der Waals surface area contributed by atoms with Crippen LogP contribution < -0.4 is 0 Å². The van der Waals surface area contributed by atoms with Gasteiger partial charge >= 0.3 is 47.5 Å². The van der Waals surface area contributed by atoms with Gasteiger partial charge in [0.1, 0.15) is 0 Å². The average Bonchev–Trinajstić information content (AvgIpc) is 0.811. The Morgan fingerprint density at radius 2 is 1.40 bits per heavy atom. The van der Waals surface area contributed by atoms with Gasteiger partial charge in [-0.2, -0.15) is 0 Å². The molecule has 1 radical (unpaired) electrons. The summed E-state index contributed by atoms with van der Waals surface area (Å²) in [6.07, 6.45) is 0. The summed E-state index contributed by atoms with van der Waals surface area (Å²) in [5, 5.41) is 0. The molecular weight excluding hydrogens is 231 g/mol. The molecule has 35 valence electrons. The van der Waals surface area contributed by atoms with Gasteiger partial charge in [-0.1, -0.05) is 0 Å². The van der Waals surface area contributed by atoms with Crippen molar-refractivity contribution in [2.45, 2.75) is 0 Å². The predicted octanol–water partition coefficient (Wildman–Crippen LogP) is -2.15. The summed E-state index contributed by atoms with van der Waals surface area (Å²) in [7, 11) is 0. The van der Waals surface area contributed by atoms with Crippen molar-refractivity contribution in [1.82, 2.24) is 0 Å². The Kier molecular flexibility index (Phi) is 9.45. The standard InChI is InChI=1S/Mn.H2O3Te.2H/c;1-4(2)3;;/h;(H2,1,2,3);;. The van der Waals surface area contributed by atoms with E-state index in [9.17, 15) is 0 Å². The van der Waals surface area contributed by atoms with Gasteiger partial charge in [0.15, 0.2) is 0 Å². The second kappa shape index (κ2) is 5.03. The molecule has 0 fully saturated rings. The van der Waals surface area contributed by atoms with Crippen LogP contribution in [0.4, 0.5) is 0 Å². The van der Waals surface area contributed by atoms with E-state index in [0.717, 1.165) is 0 Å². The molecule has 0 aromatic heterocycles. The van der Waals surface area contributed by atoms with Crippen molar-refractivity contribution in [2.75, 3.05) is 0 Å². The Bertz CT molecular complexity index is 29.9. The van der Waals surface area contributed by atoms with Gasteiger partial charge < -0.3 is 0 Å². The maximum absolute atomic E-state index is 8.81. The Morgan fingerprint density at radius 3 is 1.40 bits per heavy atom. The fourth-order valence-electron chi connectivity index (χ4n) is 0. The molecule has 0 bridgehead atoms. The third-order valence-corrected chi connectivity index (χ3v) is 0. The summed E-state index contributed by atoms with van der Waals surface area (Å²) in [5.74, 6) is 0. The van der Waals surface area contributed by atoms with Crippen LogP contribution in [0.2, 0.25) is 0 Å². The van der Waals surface area contributed by atoms with Crippen LogP contribution in [0.15, 0.2) is 0 Å². The predicted molar refractivity (Wildman–Crippen MR) is 13.7 cm³/mol. The second-order valence-electron chi connectivity index (χ2n) is 0.231. The second-order valence-corrected chi connectivity index (χ2v) is 1.55. The molecule has 5 heteroatoms. The van der Waals surface area contributed by atoms with Crippen LogP contribution >= 0.6 is 0 Å². The Labute approximate surface area is 47.6 Å². The topological polar surface area (TPSA) is 57.5 Å². The zero-order valence-electron chi connectivity index (χ0n) is 2.16. The van der Waals surface area contributed by atoms with Crippen molar-refractivity contribution in [3.05, 3.63) is 0 Å². The van der Waals surface area contributed by atoms with Crippen LogP contribution in [-0.4, -0.2) is 27.3 Å². The van der Waals surface area contributed by atoms with Gasteiger partial charge in [-0.25, -0.2) is 0 Å². The van der Waals surface area contributed by atoms with Crippen molar-refractivity contribution in [1.29, 1.82) is 0 Å². The van der Waals surface area contributed by atoms with E-state index in [4.69, 9.17) is 10.0 Å². The first kappa shape index (κ1) is 9.39. The van der Waals surface area contributed by atoms with E-state index >= 15 is 0 Å². The first-order chi connectivity index (χ1) is 1.73. The zero-order valence-corrected chi connectivity index (χ0v) is 5.89. The molecule has 2 N–H and O–H groups in total. The van der Waals surface area contributed by atoms with Crippen LogP contribution in [0.3, 0.4) is 0 Å². The number of hydrogen-bond donors (Lipinski definition) is 2. The molecule has 0 heterocycles. The van der Waals surface area contributed by atoms with Crippen molar-refractivity contribution < 1.29 is 27.1 Å². The number of hydrogen-bond acceptors (Lipinski definition) is 1. The molecule has 5 heavy (non-hydrogen) atoms. The molecule has 0 unspecified atom stereocenters. The monoisotopic (exact) mass is 237 g/mol. The molecule has 0 rings (SSSR count). The van der Waals surface area contributed by atoms with E-state index in [1.807, 2.05) is 0 Å². The molecule has 0 saturated carbocycles. The molecule has 0 aromatic rings. The zero-order chi connectivity index (χ0) is 3.58. The first-order valence-corrected chi connectivity index (χ1v) is 3.57. The minimum absolute atomic E-state index is 0. The van der Waals surface area contributed by atoms with E-state index < -0.39 is 20.4 Å². The van der Waals surface area contributed by atoms with E-state index in [-0.39, 0.29) is 17.1 Å². The number of rotatable bonds is 0. The van der Waals surface area contributed by atoms with Gasteiger partial charge in [0, 0.05) is 0 Å². The van der Waals surface area contributed by atoms with E-state index in [1.165, 1.54) is 0 Å². The molecule has 0 amide bonds. The van der Waals surface area contributed by atoms with Gasteiger partial charge in [0.05, 0.1) is 0 Å². The van der Waals surface area contributed by atoms with E-state index in [2.05, 4.69) is 0 Å². The molecule has 3 nitrogen and oxygen atoms in total. The summed E-state index contributed by atoms with van der Waals surface area (Å²) >= 11 is -3.61. The molecule has 0 aliphatic heterocycles. The fourth-order valence-corrected chi connectivity index (χ4v) is 0. The molecule has 0 saturated heterocycles. The molecule has 0 aliphatic rings. The third kappa shape index (κ3) is 43.6. The third-order valence-electron chi connectivity index (χ3n) is 0. The summed E-state index contributed by atoms with van der Waals surface area (Å²) in [6, 6.07) is 0. The van der Waals surface area contributed by atoms with Crippen molar-refractivity contribution >= 4 is 20.4 Å². The Morgan fingerprint density at radius 1 is 1.40 bits per heavy atom. The molecular formula is H4MnO3Te. The van der Waals surface area contributed by atoms with Crippen molar-refractivity contribution in [3.63, 3.8) is 0 Å². The van der Waals surface area contributed by atoms with E-state index in [1.54, 1.807) is 0 Å². The Hall–Kier alpha value is 1.03. The van der Waals surface area contributed by atoms with Gasteiger partial charge in [-0.15, -0.1) is 0 Å². The molecule has 0 spiro atoms. The quantitative estimate of drug-likeness (QED) is 0.470. The molecule has 0 atom stereocenters. The summed E-state index contributed by atoms with van der Waals surface area (Å²) in [6.45, 7) is 0. The van der Waals surface area contributed by atoms with Crippen molar-refractivity contribution in [2.24, 2.45) is 0 Å². The van der Waals surface area contributed by atoms with E-state index in [0.29, 0.717) is 0 Å². The summed E-state index contributed by atoms with van der Waals surface area (Å²) in [4.78, 5) is 0. The Balaban J connectivity index is 0. The van der Waals surface area contributed by atoms with Gasteiger partial charge in [-0.05, 0) is 0 Å². The fraction of sp³-hybridized carbons (Fsp3) is 0. The van der Waals surface area contributed by atoms with Crippen LogP contribution in [0.1, 0.15) is 0 Å². The molecule has 0 aromatic carbocycles. The maximum atomic E-state index is 8.81. The van der Waals surface area contributed by atoms with Gasteiger partial charge in [0.25, 0.3) is 0 Å². The summed E-state index contributed by atoms with van der Waals surface area (Å²) in [5.41, 5.74) is 0. The summed E-state index contributed by atoms with van der Waals surface area (Å²) < 4.78 is 23.3. The van der Waals surface area contributed by atoms with Gasteiger partial charge in [-0.3, -0.25) is 0 Å². The van der Waals surface area contributed by atoms with Crippen LogP contribution in [-0.2, 0) is 20.2 Å². The minimum atomic E-state index is -3.61. The molecule has 0 aliphatic carbocycles. The average molecular weight is 235 g/mol.